The average molecular weight is 303 g/mol. The molecule has 7 heteroatoms. The van der Waals surface area contributed by atoms with Crippen molar-refractivity contribution in [1.82, 2.24) is 4.98 Å². The highest BCUT2D eigenvalue weighted by Crippen LogP contribution is 2.30. The van der Waals surface area contributed by atoms with Crippen LogP contribution in [0.2, 0.25) is 0 Å². The van der Waals surface area contributed by atoms with Crippen molar-refractivity contribution in [2.24, 2.45) is 0 Å². The largest absolute Gasteiger partial charge is 0.494 e. The van der Waals surface area contributed by atoms with E-state index in [1.54, 1.807) is 30.3 Å². The zero-order valence-electron chi connectivity index (χ0n) is 12.3. The summed E-state index contributed by atoms with van der Waals surface area (Å²) in [5, 5.41) is 2.60. The van der Waals surface area contributed by atoms with Gasteiger partial charge in [-0.15, -0.1) is 0 Å². The van der Waals surface area contributed by atoms with Gasteiger partial charge in [0.25, 0.3) is 5.91 Å². The Balaban J connectivity index is 2.11. The van der Waals surface area contributed by atoms with Crippen LogP contribution in [0.1, 0.15) is 0 Å². The maximum Gasteiger partial charge on any atom is 0.251 e. The Kier molecular flexibility index (Phi) is 5.16. The summed E-state index contributed by atoms with van der Waals surface area (Å²) >= 11 is 0. The Morgan fingerprint density at radius 1 is 1.23 bits per heavy atom. The van der Waals surface area contributed by atoms with E-state index in [0.29, 0.717) is 28.8 Å². The van der Waals surface area contributed by atoms with E-state index >= 15 is 0 Å². The third-order valence-electron chi connectivity index (χ3n) is 2.71. The number of nitrogens with one attached hydrogen (secondary N) is 1. The van der Waals surface area contributed by atoms with Gasteiger partial charge in [0.2, 0.25) is 0 Å². The maximum absolute atomic E-state index is 11.5. The molecule has 1 aromatic heterocycles. The molecule has 0 saturated carbocycles. The minimum absolute atomic E-state index is 0.0398. The molecule has 1 amide bonds. The highest BCUT2D eigenvalue weighted by molar-refractivity contribution is 5.90. The molecule has 22 heavy (non-hydrogen) atoms. The van der Waals surface area contributed by atoms with Gasteiger partial charge in [0.1, 0.15) is 29.7 Å². The topological polar surface area (TPSA) is 95.7 Å². The SMILES string of the molecule is COCC(=O)Nc1cc(Oc2ccc(N)c(OC)c2)ccn1. The highest BCUT2D eigenvalue weighted by atomic mass is 16.5. The molecule has 0 spiro atoms. The van der Waals surface area contributed by atoms with Gasteiger partial charge in [-0.3, -0.25) is 4.79 Å². The number of methoxy groups -OCH3 is 2. The molecule has 0 radical (unpaired) electrons. The van der Waals surface area contributed by atoms with Gasteiger partial charge in [-0.05, 0) is 18.2 Å². The third kappa shape index (κ3) is 4.10. The third-order valence-corrected chi connectivity index (χ3v) is 2.71. The molecule has 0 aliphatic carbocycles. The lowest BCUT2D eigenvalue weighted by Gasteiger charge is -2.10. The molecule has 0 saturated heterocycles. The van der Waals surface area contributed by atoms with Gasteiger partial charge < -0.3 is 25.3 Å². The van der Waals surface area contributed by atoms with Crippen molar-refractivity contribution in [2.75, 3.05) is 31.9 Å². The monoisotopic (exact) mass is 303 g/mol. The molecule has 2 rings (SSSR count). The van der Waals surface area contributed by atoms with Gasteiger partial charge in [-0.25, -0.2) is 4.98 Å². The summed E-state index contributed by atoms with van der Waals surface area (Å²) in [6.45, 7) is -0.0398. The first-order valence-electron chi connectivity index (χ1n) is 6.48. The van der Waals surface area contributed by atoms with Crippen LogP contribution in [0.4, 0.5) is 11.5 Å². The first-order valence-corrected chi connectivity index (χ1v) is 6.48. The van der Waals surface area contributed by atoms with Crippen LogP contribution in [0, 0.1) is 0 Å². The van der Waals surface area contributed by atoms with Gasteiger partial charge in [-0.1, -0.05) is 0 Å². The van der Waals surface area contributed by atoms with Gasteiger partial charge in [-0.2, -0.15) is 0 Å². The van der Waals surface area contributed by atoms with Crippen molar-refractivity contribution in [2.45, 2.75) is 0 Å². The Hall–Kier alpha value is -2.80. The van der Waals surface area contributed by atoms with Gasteiger partial charge >= 0.3 is 0 Å². The van der Waals surface area contributed by atoms with Crippen molar-refractivity contribution in [3.63, 3.8) is 0 Å². The predicted molar refractivity (Wildman–Crippen MR) is 82.2 cm³/mol. The first-order chi connectivity index (χ1) is 10.6. The standard InChI is InChI=1S/C15H17N3O4/c1-20-9-15(19)18-14-8-11(5-6-17-14)22-10-3-4-12(16)13(7-10)21-2/h3-8H,9,16H2,1-2H3,(H,17,18,19). The summed E-state index contributed by atoms with van der Waals surface area (Å²) in [7, 11) is 2.98. The lowest BCUT2D eigenvalue weighted by molar-refractivity contribution is -0.119. The summed E-state index contributed by atoms with van der Waals surface area (Å²) < 4.78 is 15.6. The molecule has 0 unspecified atom stereocenters. The van der Waals surface area contributed by atoms with E-state index in [0.717, 1.165) is 0 Å². The quantitative estimate of drug-likeness (QED) is 0.793. The number of ether oxygens (including phenoxy) is 3. The molecule has 3 N–H and O–H groups in total. The number of pyridine rings is 1. The molecule has 0 fully saturated rings. The molecule has 116 valence electrons. The number of hydrogen-bond acceptors (Lipinski definition) is 6. The van der Waals surface area contributed by atoms with Crippen molar-refractivity contribution in [3.05, 3.63) is 36.5 Å². The van der Waals surface area contributed by atoms with Crippen molar-refractivity contribution >= 4 is 17.4 Å². The Labute approximate surface area is 128 Å². The lowest BCUT2D eigenvalue weighted by Crippen LogP contribution is -2.17. The highest BCUT2D eigenvalue weighted by Gasteiger charge is 2.06. The van der Waals surface area contributed by atoms with E-state index in [4.69, 9.17) is 19.9 Å². The van der Waals surface area contributed by atoms with Crippen molar-refractivity contribution in [3.8, 4) is 17.2 Å². The number of rotatable bonds is 6. The normalized spacial score (nSPS) is 10.1. The molecule has 2 aromatic rings. The number of anilines is 2. The Morgan fingerprint density at radius 3 is 2.73 bits per heavy atom. The number of hydrogen-bond donors (Lipinski definition) is 2. The second kappa shape index (κ2) is 7.28. The van der Waals surface area contributed by atoms with E-state index in [2.05, 4.69) is 10.3 Å². The fourth-order valence-electron chi connectivity index (χ4n) is 1.74. The minimum atomic E-state index is -0.290. The fourth-order valence-corrected chi connectivity index (χ4v) is 1.74. The fraction of sp³-hybridized carbons (Fsp3) is 0.200. The summed E-state index contributed by atoms with van der Waals surface area (Å²) in [5.41, 5.74) is 6.28. The number of nitrogens with zero attached hydrogens (tertiary/aromatic N) is 1. The number of nitrogen functional groups attached to an aromatic ring is 1. The zero-order chi connectivity index (χ0) is 15.9. The summed E-state index contributed by atoms with van der Waals surface area (Å²) in [4.78, 5) is 15.5. The molecule has 0 atom stereocenters. The molecule has 7 nitrogen and oxygen atoms in total. The average Bonchev–Trinajstić information content (AvgIpc) is 2.50. The van der Waals surface area contributed by atoms with Crippen LogP contribution in [-0.4, -0.2) is 31.7 Å². The van der Waals surface area contributed by atoms with Crippen molar-refractivity contribution < 1.29 is 19.0 Å². The maximum atomic E-state index is 11.5. The smallest absolute Gasteiger partial charge is 0.251 e. The Morgan fingerprint density at radius 2 is 2.00 bits per heavy atom. The number of benzene rings is 1. The summed E-state index contributed by atoms with van der Waals surface area (Å²) in [6, 6.07) is 8.38. The first kappa shape index (κ1) is 15.6. The molecule has 0 bridgehead atoms. The number of carbonyl (C=O) groups excluding carboxylic acids is 1. The number of nitrogens with two attached hydrogens (primary N) is 1. The zero-order valence-corrected chi connectivity index (χ0v) is 12.3. The Bertz CT molecular complexity index is 661. The second-order valence-electron chi connectivity index (χ2n) is 4.36. The second-order valence-corrected chi connectivity index (χ2v) is 4.36. The minimum Gasteiger partial charge on any atom is -0.494 e. The van der Waals surface area contributed by atoms with Crippen LogP contribution in [0.5, 0.6) is 17.2 Å². The number of amides is 1. The van der Waals surface area contributed by atoms with E-state index < -0.39 is 0 Å². The van der Waals surface area contributed by atoms with E-state index in [1.165, 1.54) is 20.4 Å². The summed E-state index contributed by atoms with van der Waals surface area (Å²) in [5.74, 6) is 1.70. The van der Waals surface area contributed by atoms with Crippen LogP contribution in [0.25, 0.3) is 0 Å². The van der Waals surface area contributed by atoms with Crippen molar-refractivity contribution in [1.29, 1.82) is 0 Å². The van der Waals surface area contributed by atoms with Crippen LogP contribution in [0.15, 0.2) is 36.5 Å². The van der Waals surface area contributed by atoms with E-state index in [1.807, 2.05) is 0 Å². The van der Waals surface area contributed by atoms with Crippen LogP contribution >= 0.6 is 0 Å². The molecular weight excluding hydrogens is 286 g/mol. The van der Waals surface area contributed by atoms with E-state index in [9.17, 15) is 4.79 Å². The number of aromatic nitrogens is 1. The molecule has 1 aromatic carbocycles. The predicted octanol–water partition coefficient (Wildman–Crippen LogP) is 2.05. The van der Waals surface area contributed by atoms with Crippen LogP contribution in [0.3, 0.4) is 0 Å². The lowest BCUT2D eigenvalue weighted by atomic mass is 10.3. The van der Waals surface area contributed by atoms with Gasteiger partial charge in [0.15, 0.2) is 0 Å². The molecule has 0 aliphatic rings. The molecule has 0 aliphatic heterocycles. The van der Waals surface area contributed by atoms with Gasteiger partial charge in [0, 0.05) is 25.4 Å². The van der Waals surface area contributed by atoms with E-state index in [-0.39, 0.29) is 12.5 Å². The number of carbonyl (C=O) groups is 1. The van der Waals surface area contributed by atoms with Gasteiger partial charge in [0.05, 0.1) is 12.8 Å². The van der Waals surface area contributed by atoms with Crippen LogP contribution < -0.4 is 20.5 Å². The van der Waals surface area contributed by atoms with Crippen LogP contribution in [-0.2, 0) is 9.53 Å². The molecular formula is C15H17N3O4. The summed E-state index contributed by atoms with van der Waals surface area (Å²) in [6.07, 6.45) is 1.53. The molecule has 1 heterocycles.